The van der Waals surface area contributed by atoms with Crippen molar-refractivity contribution < 1.29 is 5.11 Å². The molecule has 4 heteroatoms. The number of aromatic nitrogens is 3. The van der Waals surface area contributed by atoms with E-state index in [1.54, 1.807) is 11.0 Å². The molecule has 3 aliphatic carbocycles. The van der Waals surface area contributed by atoms with Crippen molar-refractivity contribution >= 4 is 0 Å². The highest BCUT2D eigenvalue weighted by molar-refractivity contribution is 5.15. The zero-order chi connectivity index (χ0) is 11.6. The van der Waals surface area contributed by atoms with Crippen LogP contribution in [-0.4, -0.2) is 26.0 Å². The highest BCUT2D eigenvalue weighted by Gasteiger charge is 2.66. The largest absolute Gasteiger partial charge is 0.392 e. The monoisotopic (exact) mass is 233 g/mol. The first kappa shape index (κ1) is 10.1. The number of rotatable bonds is 3. The van der Waals surface area contributed by atoms with Crippen LogP contribution < -0.4 is 0 Å². The lowest BCUT2D eigenvalue weighted by atomic mass is 9.97. The van der Waals surface area contributed by atoms with Gasteiger partial charge in [0.25, 0.3) is 0 Å². The minimum atomic E-state index is -0.198. The fourth-order valence-electron chi connectivity index (χ4n) is 4.73. The lowest BCUT2D eigenvalue weighted by Crippen LogP contribution is -2.20. The third kappa shape index (κ3) is 1.33. The molecule has 4 nitrogen and oxygen atoms in total. The van der Waals surface area contributed by atoms with E-state index in [-0.39, 0.29) is 6.10 Å². The predicted octanol–water partition coefficient (Wildman–Crippen LogP) is 1.01. The SMILES string of the molecule is Cn1ncnc1CC(O)C1C2C3CCC(C3)C12. The van der Waals surface area contributed by atoms with Crippen molar-refractivity contribution in [3.8, 4) is 0 Å². The summed E-state index contributed by atoms with van der Waals surface area (Å²) in [7, 11) is 1.90. The van der Waals surface area contributed by atoms with Crippen LogP contribution in [0.1, 0.15) is 25.1 Å². The van der Waals surface area contributed by atoms with Gasteiger partial charge >= 0.3 is 0 Å². The summed E-state index contributed by atoms with van der Waals surface area (Å²) < 4.78 is 1.77. The maximum atomic E-state index is 10.4. The Morgan fingerprint density at radius 3 is 2.71 bits per heavy atom. The Morgan fingerprint density at radius 2 is 2.12 bits per heavy atom. The van der Waals surface area contributed by atoms with Crippen LogP contribution >= 0.6 is 0 Å². The average molecular weight is 233 g/mol. The van der Waals surface area contributed by atoms with Crippen molar-refractivity contribution in [3.63, 3.8) is 0 Å². The van der Waals surface area contributed by atoms with Gasteiger partial charge in [0.05, 0.1) is 6.10 Å². The van der Waals surface area contributed by atoms with Crippen molar-refractivity contribution in [1.29, 1.82) is 0 Å². The van der Waals surface area contributed by atoms with Crippen LogP contribution in [0.25, 0.3) is 0 Å². The number of aliphatic hydroxyl groups excluding tert-OH is 1. The number of fused-ring (bicyclic) bond motifs is 5. The molecule has 1 heterocycles. The van der Waals surface area contributed by atoms with E-state index < -0.39 is 0 Å². The quantitative estimate of drug-likeness (QED) is 0.847. The number of aryl methyl sites for hydroxylation is 1. The summed E-state index contributed by atoms with van der Waals surface area (Å²) in [6.45, 7) is 0. The van der Waals surface area contributed by atoms with Crippen LogP contribution in [0.3, 0.4) is 0 Å². The van der Waals surface area contributed by atoms with E-state index >= 15 is 0 Å². The molecule has 1 N–H and O–H groups in total. The molecule has 1 aromatic rings. The van der Waals surface area contributed by atoms with Gasteiger partial charge < -0.3 is 5.11 Å². The van der Waals surface area contributed by atoms with E-state index in [0.717, 1.165) is 29.5 Å². The van der Waals surface area contributed by atoms with Crippen molar-refractivity contribution in [1.82, 2.24) is 14.8 Å². The predicted molar refractivity (Wildman–Crippen MR) is 62.0 cm³/mol. The lowest BCUT2D eigenvalue weighted by molar-refractivity contribution is 0.125. The molecule has 0 radical (unpaired) electrons. The Labute approximate surface area is 101 Å². The fourth-order valence-corrected chi connectivity index (χ4v) is 4.73. The molecule has 0 amide bonds. The molecule has 5 unspecified atom stereocenters. The van der Waals surface area contributed by atoms with Crippen molar-refractivity contribution in [2.75, 3.05) is 0 Å². The maximum absolute atomic E-state index is 10.4. The molecule has 92 valence electrons. The van der Waals surface area contributed by atoms with Crippen molar-refractivity contribution in [3.05, 3.63) is 12.2 Å². The molecule has 1 aromatic heterocycles. The average Bonchev–Trinajstić information content (AvgIpc) is 2.64. The topological polar surface area (TPSA) is 50.9 Å². The molecule has 0 saturated heterocycles. The van der Waals surface area contributed by atoms with Crippen LogP contribution in [0.2, 0.25) is 0 Å². The van der Waals surface area contributed by atoms with Gasteiger partial charge in [0.1, 0.15) is 12.2 Å². The molecular weight excluding hydrogens is 214 g/mol. The lowest BCUT2D eigenvalue weighted by Gasteiger charge is -2.14. The molecule has 3 saturated carbocycles. The first-order valence-corrected chi connectivity index (χ1v) is 6.76. The Kier molecular flexibility index (Phi) is 1.96. The first-order chi connectivity index (χ1) is 8.25. The highest BCUT2D eigenvalue weighted by atomic mass is 16.3. The Hall–Kier alpha value is -0.900. The van der Waals surface area contributed by atoms with E-state index in [9.17, 15) is 5.11 Å². The van der Waals surface area contributed by atoms with Crippen LogP contribution in [0, 0.1) is 29.6 Å². The van der Waals surface area contributed by atoms with Gasteiger partial charge in [0.15, 0.2) is 0 Å². The van der Waals surface area contributed by atoms with Crippen LogP contribution in [0.5, 0.6) is 0 Å². The van der Waals surface area contributed by atoms with E-state index in [1.807, 2.05) is 7.05 Å². The van der Waals surface area contributed by atoms with E-state index in [0.29, 0.717) is 12.3 Å². The molecule has 0 spiro atoms. The highest BCUT2D eigenvalue weighted by Crippen LogP contribution is 2.70. The minimum Gasteiger partial charge on any atom is -0.392 e. The van der Waals surface area contributed by atoms with E-state index in [4.69, 9.17) is 0 Å². The number of hydrogen-bond acceptors (Lipinski definition) is 3. The Morgan fingerprint density at radius 1 is 1.41 bits per heavy atom. The zero-order valence-electron chi connectivity index (χ0n) is 10.2. The second kappa shape index (κ2) is 3.31. The normalized spacial score (nSPS) is 43.8. The smallest absolute Gasteiger partial charge is 0.138 e. The summed E-state index contributed by atoms with van der Waals surface area (Å²) >= 11 is 0. The third-order valence-corrected chi connectivity index (χ3v) is 5.44. The number of aliphatic hydroxyl groups is 1. The second-order valence-electron chi connectivity index (χ2n) is 6.14. The van der Waals surface area contributed by atoms with Gasteiger partial charge in [-0.3, -0.25) is 4.68 Å². The first-order valence-electron chi connectivity index (χ1n) is 6.76. The van der Waals surface area contributed by atoms with Crippen LogP contribution in [-0.2, 0) is 13.5 Å². The van der Waals surface area contributed by atoms with Gasteiger partial charge in [0, 0.05) is 13.5 Å². The van der Waals surface area contributed by atoms with Gasteiger partial charge in [0.2, 0.25) is 0 Å². The summed E-state index contributed by atoms with van der Waals surface area (Å²) in [4.78, 5) is 4.21. The van der Waals surface area contributed by atoms with E-state index in [1.165, 1.54) is 19.3 Å². The van der Waals surface area contributed by atoms with Gasteiger partial charge in [-0.1, -0.05) is 0 Å². The molecule has 17 heavy (non-hydrogen) atoms. The molecule has 3 fully saturated rings. The molecule has 2 bridgehead atoms. The molecule has 5 atom stereocenters. The van der Waals surface area contributed by atoms with Gasteiger partial charge in [-0.15, -0.1) is 0 Å². The summed E-state index contributed by atoms with van der Waals surface area (Å²) in [6.07, 6.45) is 6.32. The Bertz CT molecular complexity index is 428. The number of hydrogen-bond donors (Lipinski definition) is 1. The standard InChI is InChI=1S/C13H19N3O/c1-16-10(14-6-15-16)5-9(17)13-11-7-2-3-8(4-7)12(11)13/h6-9,11-13,17H,2-5H2,1H3. The Balaban J connectivity index is 1.46. The number of nitrogens with zero attached hydrogens (tertiary/aromatic N) is 3. The van der Waals surface area contributed by atoms with Gasteiger partial charge in [-0.05, 0) is 48.9 Å². The summed E-state index contributed by atoms with van der Waals surface area (Å²) in [5.74, 6) is 5.04. The van der Waals surface area contributed by atoms with Gasteiger partial charge in [-0.25, -0.2) is 4.98 Å². The van der Waals surface area contributed by atoms with Gasteiger partial charge in [-0.2, -0.15) is 5.10 Å². The summed E-state index contributed by atoms with van der Waals surface area (Å²) in [5, 5.41) is 14.4. The molecule has 4 rings (SSSR count). The maximum Gasteiger partial charge on any atom is 0.138 e. The van der Waals surface area contributed by atoms with Crippen LogP contribution in [0.4, 0.5) is 0 Å². The molecule has 0 aromatic carbocycles. The minimum absolute atomic E-state index is 0.198. The fraction of sp³-hybridized carbons (Fsp3) is 0.846. The summed E-state index contributed by atoms with van der Waals surface area (Å²) in [6, 6.07) is 0. The molecule has 0 aliphatic heterocycles. The van der Waals surface area contributed by atoms with E-state index in [2.05, 4.69) is 10.1 Å². The molecule has 3 aliphatic rings. The van der Waals surface area contributed by atoms with Crippen molar-refractivity contribution in [2.45, 2.75) is 31.8 Å². The van der Waals surface area contributed by atoms with Crippen molar-refractivity contribution in [2.24, 2.45) is 36.6 Å². The second-order valence-corrected chi connectivity index (χ2v) is 6.14. The van der Waals surface area contributed by atoms with Crippen LogP contribution in [0.15, 0.2) is 6.33 Å². The third-order valence-electron chi connectivity index (χ3n) is 5.44. The molecular formula is C13H19N3O. The summed E-state index contributed by atoms with van der Waals surface area (Å²) in [5.41, 5.74) is 0. The zero-order valence-corrected chi connectivity index (χ0v) is 10.2.